The molecule has 2 unspecified atom stereocenters. The number of nitrogens with zero attached hydrogens (tertiary/aromatic N) is 1. The van der Waals surface area contributed by atoms with Crippen LogP contribution in [0.15, 0.2) is 54.6 Å². The number of rotatable bonds is 6. The van der Waals surface area contributed by atoms with Gasteiger partial charge in [0.15, 0.2) is 0 Å². The van der Waals surface area contributed by atoms with Crippen molar-refractivity contribution in [1.29, 1.82) is 0 Å². The molecule has 1 heterocycles. The number of aromatic hydroxyl groups is 1. The SMILES string of the molecule is CC1CN(c2ccc(O)cc2)CCC1NCCCc1ccccc1. The van der Waals surface area contributed by atoms with Crippen LogP contribution in [0.5, 0.6) is 5.75 Å². The Labute approximate surface area is 145 Å². The van der Waals surface area contributed by atoms with E-state index in [9.17, 15) is 5.11 Å². The molecule has 24 heavy (non-hydrogen) atoms. The van der Waals surface area contributed by atoms with Gasteiger partial charge < -0.3 is 15.3 Å². The van der Waals surface area contributed by atoms with Crippen molar-refractivity contribution in [3.63, 3.8) is 0 Å². The molecule has 1 aliphatic rings. The van der Waals surface area contributed by atoms with Crippen LogP contribution in [0, 0.1) is 5.92 Å². The second-order valence-electron chi connectivity index (χ2n) is 6.88. The zero-order chi connectivity index (χ0) is 16.8. The Bertz CT molecular complexity index is 611. The van der Waals surface area contributed by atoms with E-state index in [0.717, 1.165) is 26.1 Å². The predicted octanol–water partition coefficient (Wildman–Crippen LogP) is 3.83. The summed E-state index contributed by atoms with van der Waals surface area (Å²) < 4.78 is 0. The molecule has 2 aromatic rings. The number of benzene rings is 2. The summed E-state index contributed by atoms with van der Waals surface area (Å²) in [6.07, 6.45) is 3.51. The summed E-state index contributed by atoms with van der Waals surface area (Å²) in [6.45, 7) is 5.57. The van der Waals surface area contributed by atoms with Gasteiger partial charge in [-0.3, -0.25) is 0 Å². The maximum atomic E-state index is 9.42. The molecule has 0 radical (unpaired) electrons. The predicted molar refractivity (Wildman–Crippen MR) is 101 cm³/mol. The van der Waals surface area contributed by atoms with Crippen LogP contribution >= 0.6 is 0 Å². The van der Waals surface area contributed by atoms with E-state index in [2.05, 4.69) is 47.5 Å². The number of hydrogen-bond donors (Lipinski definition) is 2. The molecule has 2 atom stereocenters. The molecule has 0 spiro atoms. The minimum atomic E-state index is 0.335. The lowest BCUT2D eigenvalue weighted by Gasteiger charge is -2.38. The maximum absolute atomic E-state index is 9.42. The molecule has 0 aromatic heterocycles. The topological polar surface area (TPSA) is 35.5 Å². The highest BCUT2D eigenvalue weighted by molar-refractivity contribution is 5.49. The molecule has 1 fully saturated rings. The van der Waals surface area contributed by atoms with Crippen molar-refractivity contribution in [1.82, 2.24) is 5.32 Å². The van der Waals surface area contributed by atoms with E-state index in [0.29, 0.717) is 17.7 Å². The quantitative estimate of drug-likeness (QED) is 0.793. The van der Waals surface area contributed by atoms with E-state index >= 15 is 0 Å². The lowest BCUT2D eigenvalue weighted by atomic mass is 9.93. The Hall–Kier alpha value is -2.00. The summed E-state index contributed by atoms with van der Waals surface area (Å²) in [5.74, 6) is 0.964. The molecule has 0 amide bonds. The van der Waals surface area contributed by atoms with Crippen LogP contribution in [0.1, 0.15) is 25.3 Å². The number of nitrogens with one attached hydrogen (secondary N) is 1. The molecular weight excluding hydrogens is 296 g/mol. The van der Waals surface area contributed by atoms with Gasteiger partial charge in [0.1, 0.15) is 5.75 Å². The van der Waals surface area contributed by atoms with E-state index in [1.165, 1.54) is 24.1 Å². The molecule has 1 aliphatic heterocycles. The molecule has 0 saturated carbocycles. The monoisotopic (exact) mass is 324 g/mol. The zero-order valence-electron chi connectivity index (χ0n) is 14.5. The summed E-state index contributed by atoms with van der Waals surface area (Å²) in [5.41, 5.74) is 2.64. The van der Waals surface area contributed by atoms with Crippen molar-refractivity contribution < 1.29 is 5.11 Å². The third-order valence-electron chi connectivity index (χ3n) is 5.01. The standard InChI is InChI=1S/C21H28N2O/c1-17-16-23(19-9-11-20(24)12-10-19)15-13-21(17)22-14-5-8-18-6-3-2-4-7-18/h2-4,6-7,9-12,17,21-22,24H,5,8,13-16H2,1H3. The molecule has 3 nitrogen and oxygen atoms in total. The number of piperidine rings is 1. The van der Waals surface area contributed by atoms with E-state index in [1.54, 1.807) is 12.1 Å². The average Bonchev–Trinajstić information content (AvgIpc) is 2.61. The lowest BCUT2D eigenvalue weighted by Crippen LogP contribution is -2.48. The molecule has 128 valence electrons. The number of phenolic OH excluding ortho intramolecular Hbond substituents is 1. The fraction of sp³-hybridized carbons (Fsp3) is 0.429. The first kappa shape index (κ1) is 16.8. The lowest BCUT2D eigenvalue weighted by molar-refractivity contribution is 0.321. The highest BCUT2D eigenvalue weighted by atomic mass is 16.3. The van der Waals surface area contributed by atoms with Gasteiger partial charge in [0.05, 0.1) is 0 Å². The van der Waals surface area contributed by atoms with Crippen LogP contribution in [-0.2, 0) is 6.42 Å². The Morgan fingerprint density at radius 1 is 1.08 bits per heavy atom. The van der Waals surface area contributed by atoms with Crippen molar-refractivity contribution in [2.75, 3.05) is 24.5 Å². The highest BCUT2D eigenvalue weighted by Crippen LogP contribution is 2.25. The average molecular weight is 324 g/mol. The normalized spacial score (nSPS) is 21.0. The second kappa shape index (κ2) is 8.20. The maximum Gasteiger partial charge on any atom is 0.115 e. The number of phenols is 1. The first-order valence-electron chi connectivity index (χ1n) is 9.03. The van der Waals surface area contributed by atoms with E-state index in [1.807, 2.05) is 12.1 Å². The van der Waals surface area contributed by atoms with Crippen LogP contribution < -0.4 is 10.2 Å². The van der Waals surface area contributed by atoms with Gasteiger partial charge in [-0.2, -0.15) is 0 Å². The summed E-state index contributed by atoms with van der Waals surface area (Å²) >= 11 is 0. The van der Waals surface area contributed by atoms with Crippen molar-refractivity contribution in [3.8, 4) is 5.75 Å². The fourth-order valence-electron chi connectivity index (χ4n) is 3.57. The Balaban J connectivity index is 1.41. The smallest absolute Gasteiger partial charge is 0.115 e. The van der Waals surface area contributed by atoms with Crippen LogP contribution in [0.4, 0.5) is 5.69 Å². The van der Waals surface area contributed by atoms with Crippen LogP contribution in [0.25, 0.3) is 0 Å². The van der Waals surface area contributed by atoms with Crippen molar-refractivity contribution in [3.05, 3.63) is 60.2 Å². The van der Waals surface area contributed by atoms with Gasteiger partial charge >= 0.3 is 0 Å². The van der Waals surface area contributed by atoms with Crippen molar-refractivity contribution >= 4 is 5.69 Å². The van der Waals surface area contributed by atoms with E-state index in [-0.39, 0.29) is 0 Å². The molecule has 0 bridgehead atoms. The minimum absolute atomic E-state index is 0.335. The molecule has 2 N–H and O–H groups in total. The van der Waals surface area contributed by atoms with Gasteiger partial charge in [0.2, 0.25) is 0 Å². The summed E-state index contributed by atoms with van der Waals surface area (Å²) in [6, 6.07) is 18.9. The molecule has 3 heteroatoms. The third kappa shape index (κ3) is 4.51. The van der Waals surface area contributed by atoms with Crippen LogP contribution in [-0.4, -0.2) is 30.8 Å². The first-order valence-corrected chi connectivity index (χ1v) is 9.03. The third-order valence-corrected chi connectivity index (χ3v) is 5.01. The summed E-state index contributed by atoms with van der Waals surface area (Å²) in [4.78, 5) is 2.42. The van der Waals surface area contributed by atoms with Gasteiger partial charge in [0.25, 0.3) is 0 Å². The molecular formula is C21H28N2O. The number of anilines is 1. The molecule has 2 aromatic carbocycles. The minimum Gasteiger partial charge on any atom is -0.508 e. The van der Waals surface area contributed by atoms with E-state index < -0.39 is 0 Å². The molecule has 3 rings (SSSR count). The fourth-order valence-corrected chi connectivity index (χ4v) is 3.57. The molecule has 0 aliphatic carbocycles. The van der Waals surface area contributed by atoms with E-state index in [4.69, 9.17) is 0 Å². The number of hydrogen-bond acceptors (Lipinski definition) is 3. The van der Waals surface area contributed by atoms with Crippen LogP contribution in [0.3, 0.4) is 0 Å². The summed E-state index contributed by atoms with van der Waals surface area (Å²) in [7, 11) is 0. The Morgan fingerprint density at radius 3 is 2.54 bits per heavy atom. The number of aryl methyl sites for hydroxylation is 1. The summed E-state index contributed by atoms with van der Waals surface area (Å²) in [5, 5.41) is 13.2. The van der Waals surface area contributed by atoms with Gasteiger partial charge in [-0.25, -0.2) is 0 Å². The van der Waals surface area contributed by atoms with Gasteiger partial charge in [-0.05, 0) is 61.6 Å². The Kier molecular flexibility index (Phi) is 5.76. The van der Waals surface area contributed by atoms with Gasteiger partial charge in [-0.15, -0.1) is 0 Å². The van der Waals surface area contributed by atoms with Gasteiger partial charge in [0, 0.05) is 24.8 Å². The van der Waals surface area contributed by atoms with Gasteiger partial charge in [-0.1, -0.05) is 37.3 Å². The second-order valence-corrected chi connectivity index (χ2v) is 6.88. The largest absolute Gasteiger partial charge is 0.508 e. The first-order chi connectivity index (χ1) is 11.7. The van der Waals surface area contributed by atoms with Crippen molar-refractivity contribution in [2.24, 2.45) is 5.92 Å². The zero-order valence-corrected chi connectivity index (χ0v) is 14.5. The Morgan fingerprint density at radius 2 is 1.83 bits per heavy atom. The highest BCUT2D eigenvalue weighted by Gasteiger charge is 2.25. The van der Waals surface area contributed by atoms with Crippen molar-refractivity contribution in [2.45, 2.75) is 32.2 Å². The molecule has 1 saturated heterocycles. The van der Waals surface area contributed by atoms with Crippen LogP contribution in [0.2, 0.25) is 0 Å².